The second-order valence-electron chi connectivity index (χ2n) is 6.37. The third-order valence-electron chi connectivity index (χ3n) is 4.47. The molecule has 1 aliphatic rings. The lowest BCUT2D eigenvalue weighted by Gasteiger charge is -2.25. The van der Waals surface area contributed by atoms with Crippen molar-refractivity contribution in [3.05, 3.63) is 63.2 Å². The summed E-state index contributed by atoms with van der Waals surface area (Å²) >= 11 is 5.75. The summed E-state index contributed by atoms with van der Waals surface area (Å²) in [5, 5.41) is 13.5. The zero-order chi connectivity index (χ0) is 20.3. The van der Waals surface area contributed by atoms with Crippen LogP contribution >= 0.6 is 11.6 Å². The van der Waals surface area contributed by atoms with Crippen molar-refractivity contribution in [3.63, 3.8) is 0 Å². The van der Waals surface area contributed by atoms with Crippen molar-refractivity contribution in [1.82, 2.24) is 4.31 Å². The largest absolute Gasteiger partial charge is 0.322 e. The highest BCUT2D eigenvalue weighted by atomic mass is 35.5. The molecular formula is C18H18ClN3O5S. The number of amides is 1. The number of piperidine rings is 1. The molecule has 0 radical (unpaired) electrons. The average molecular weight is 424 g/mol. The molecule has 0 aliphatic carbocycles. The average Bonchev–Trinajstić information content (AvgIpc) is 2.69. The fourth-order valence-electron chi connectivity index (χ4n) is 2.96. The van der Waals surface area contributed by atoms with Gasteiger partial charge in [0.05, 0.1) is 9.82 Å². The Morgan fingerprint density at radius 3 is 2.32 bits per heavy atom. The molecule has 28 heavy (non-hydrogen) atoms. The molecule has 0 aromatic heterocycles. The number of hydrogen-bond donors (Lipinski definition) is 1. The predicted octanol–water partition coefficient (Wildman–Crippen LogP) is 3.68. The van der Waals surface area contributed by atoms with Crippen LogP contribution in [0.1, 0.15) is 29.6 Å². The first-order valence-corrected chi connectivity index (χ1v) is 10.5. The molecule has 1 aliphatic heterocycles. The number of nitrogens with one attached hydrogen (secondary N) is 1. The molecular weight excluding hydrogens is 406 g/mol. The summed E-state index contributed by atoms with van der Waals surface area (Å²) in [6.07, 6.45) is 2.72. The van der Waals surface area contributed by atoms with E-state index in [1.54, 1.807) is 0 Å². The number of sulfonamides is 1. The van der Waals surface area contributed by atoms with Gasteiger partial charge in [0.2, 0.25) is 10.0 Å². The Morgan fingerprint density at radius 1 is 1.07 bits per heavy atom. The van der Waals surface area contributed by atoms with E-state index in [9.17, 15) is 23.3 Å². The van der Waals surface area contributed by atoms with Gasteiger partial charge in [0.25, 0.3) is 11.6 Å². The zero-order valence-electron chi connectivity index (χ0n) is 14.8. The van der Waals surface area contributed by atoms with Crippen LogP contribution in [0.4, 0.5) is 11.4 Å². The Hall–Kier alpha value is -2.49. The summed E-state index contributed by atoms with van der Waals surface area (Å²) in [6.45, 7) is 1.02. The van der Waals surface area contributed by atoms with Crippen LogP contribution in [0.3, 0.4) is 0 Å². The SMILES string of the molecule is O=C(Nc1ccc(S(=O)(=O)N2CCCCC2)cc1)c1ccc(Cl)c([N+](=O)[O-])c1. The normalized spacial score (nSPS) is 15.2. The smallest absolute Gasteiger partial charge is 0.288 e. The summed E-state index contributed by atoms with van der Waals surface area (Å²) in [4.78, 5) is 22.8. The van der Waals surface area contributed by atoms with Crippen LogP contribution in [0, 0.1) is 10.1 Å². The minimum atomic E-state index is -3.55. The van der Waals surface area contributed by atoms with Crippen LogP contribution in [-0.4, -0.2) is 36.6 Å². The monoisotopic (exact) mass is 423 g/mol. The molecule has 148 valence electrons. The molecule has 0 bridgehead atoms. The molecule has 1 amide bonds. The maximum atomic E-state index is 12.6. The fraction of sp³-hybridized carbons (Fsp3) is 0.278. The summed E-state index contributed by atoms with van der Waals surface area (Å²) in [5.74, 6) is -0.564. The number of carbonyl (C=O) groups excluding carboxylic acids is 1. The van der Waals surface area contributed by atoms with Crippen molar-refractivity contribution in [1.29, 1.82) is 0 Å². The van der Waals surface area contributed by atoms with Crippen molar-refractivity contribution < 1.29 is 18.1 Å². The van der Waals surface area contributed by atoms with Crippen LogP contribution in [0.2, 0.25) is 5.02 Å². The minimum Gasteiger partial charge on any atom is -0.322 e. The van der Waals surface area contributed by atoms with E-state index < -0.39 is 20.9 Å². The molecule has 8 nitrogen and oxygen atoms in total. The molecule has 2 aromatic rings. The topological polar surface area (TPSA) is 110 Å². The number of rotatable bonds is 5. The molecule has 2 aromatic carbocycles. The van der Waals surface area contributed by atoms with Crippen molar-refractivity contribution >= 4 is 38.9 Å². The van der Waals surface area contributed by atoms with Crippen molar-refractivity contribution in [3.8, 4) is 0 Å². The molecule has 3 rings (SSSR count). The van der Waals surface area contributed by atoms with E-state index in [-0.39, 0.29) is 21.2 Å². The zero-order valence-corrected chi connectivity index (χ0v) is 16.4. The lowest BCUT2D eigenvalue weighted by molar-refractivity contribution is -0.384. The lowest BCUT2D eigenvalue weighted by atomic mass is 10.2. The highest BCUT2D eigenvalue weighted by Gasteiger charge is 2.25. The minimum absolute atomic E-state index is 0.0613. The summed E-state index contributed by atoms with van der Waals surface area (Å²) in [6, 6.07) is 9.58. The van der Waals surface area contributed by atoms with E-state index in [1.165, 1.54) is 40.7 Å². The van der Waals surface area contributed by atoms with E-state index in [0.717, 1.165) is 25.3 Å². The molecule has 0 atom stereocenters. The van der Waals surface area contributed by atoms with Crippen LogP contribution in [-0.2, 0) is 10.0 Å². The number of nitro groups is 1. The van der Waals surface area contributed by atoms with Crippen LogP contribution < -0.4 is 5.32 Å². The van der Waals surface area contributed by atoms with Crippen LogP contribution in [0.25, 0.3) is 0 Å². The number of hydrogen-bond acceptors (Lipinski definition) is 5. The molecule has 10 heteroatoms. The summed E-state index contributed by atoms with van der Waals surface area (Å²) in [7, 11) is -3.55. The Morgan fingerprint density at radius 2 is 1.71 bits per heavy atom. The Labute approximate surface area is 167 Å². The molecule has 0 unspecified atom stereocenters. The molecule has 1 saturated heterocycles. The highest BCUT2D eigenvalue weighted by molar-refractivity contribution is 7.89. The number of nitrogens with zero attached hydrogens (tertiary/aromatic N) is 2. The predicted molar refractivity (Wildman–Crippen MR) is 105 cm³/mol. The third-order valence-corrected chi connectivity index (χ3v) is 6.70. The highest BCUT2D eigenvalue weighted by Crippen LogP contribution is 2.26. The number of halogens is 1. The third kappa shape index (κ3) is 4.32. The first kappa shape index (κ1) is 20.2. The maximum Gasteiger partial charge on any atom is 0.288 e. The van der Waals surface area contributed by atoms with Gasteiger partial charge in [-0.3, -0.25) is 14.9 Å². The first-order chi connectivity index (χ1) is 13.3. The fourth-order valence-corrected chi connectivity index (χ4v) is 4.67. The Kier molecular flexibility index (Phi) is 5.97. The van der Waals surface area contributed by atoms with E-state index in [0.29, 0.717) is 18.8 Å². The van der Waals surface area contributed by atoms with Crippen molar-refractivity contribution in [2.24, 2.45) is 0 Å². The second kappa shape index (κ2) is 8.26. The van der Waals surface area contributed by atoms with Gasteiger partial charge in [0, 0.05) is 30.4 Å². The van der Waals surface area contributed by atoms with E-state index in [1.807, 2.05) is 0 Å². The number of benzene rings is 2. The standard InChI is InChI=1S/C18H18ClN3O5S/c19-16-9-4-13(12-17(16)22(24)25)18(23)20-14-5-7-15(8-6-14)28(26,27)21-10-2-1-3-11-21/h4-9,12H,1-3,10-11H2,(H,20,23). The van der Waals surface area contributed by atoms with E-state index in [2.05, 4.69) is 5.32 Å². The number of nitro benzene ring substituents is 1. The first-order valence-electron chi connectivity index (χ1n) is 8.64. The summed E-state index contributed by atoms with van der Waals surface area (Å²) in [5.41, 5.74) is 0.0820. The molecule has 1 heterocycles. The van der Waals surface area contributed by atoms with Gasteiger partial charge in [-0.25, -0.2) is 8.42 Å². The van der Waals surface area contributed by atoms with E-state index >= 15 is 0 Å². The van der Waals surface area contributed by atoms with Crippen molar-refractivity contribution in [2.75, 3.05) is 18.4 Å². The van der Waals surface area contributed by atoms with Gasteiger partial charge >= 0.3 is 0 Å². The molecule has 1 N–H and O–H groups in total. The van der Waals surface area contributed by atoms with Gasteiger partial charge in [0.1, 0.15) is 5.02 Å². The summed E-state index contributed by atoms with van der Waals surface area (Å²) < 4.78 is 26.7. The molecule has 0 spiro atoms. The van der Waals surface area contributed by atoms with Gasteiger partial charge in [-0.05, 0) is 49.2 Å². The molecule has 0 saturated carbocycles. The van der Waals surface area contributed by atoms with Gasteiger partial charge in [-0.15, -0.1) is 0 Å². The number of anilines is 1. The lowest BCUT2D eigenvalue weighted by Crippen LogP contribution is -2.35. The van der Waals surface area contributed by atoms with Gasteiger partial charge in [0.15, 0.2) is 0 Å². The Bertz CT molecular complexity index is 1000. The van der Waals surface area contributed by atoms with Gasteiger partial charge in [-0.1, -0.05) is 18.0 Å². The van der Waals surface area contributed by atoms with Crippen LogP contribution in [0.5, 0.6) is 0 Å². The van der Waals surface area contributed by atoms with Crippen LogP contribution in [0.15, 0.2) is 47.4 Å². The maximum absolute atomic E-state index is 12.6. The van der Waals surface area contributed by atoms with Gasteiger partial charge in [-0.2, -0.15) is 4.31 Å². The van der Waals surface area contributed by atoms with Gasteiger partial charge < -0.3 is 5.32 Å². The quantitative estimate of drug-likeness (QED) is 0.582. The second-order valence-corrected chi connectivity index (χ2v) is 8.71. The Balaban J connectivity index is 1.74. The van der Waals surface area contributed by atoms with Crippen molar-refractivity contribution in [2.45, 2.75) is 24.2 Å². The number of carbonyl (C=O) groups is 1. The molecule has 1 fully saturated rings. The van der Waals surface area contributed by atoms with E-state index in [4.69, 9.17) is 11.6 Å².